The van der Waals surface area contributed by atoms with E-state index in [4.69, 9.17) is 5.11 Å². The minimum atomic E-state index is 0.202. The number of hydrogen-bond acceptors (Lipinski definition) is 4. The van der Waals surface area contributed by atoms with E-state index in [9.17, 15) is 0 Å². The van der Waals surface area contributed by atoms with Crippen LogP contribution in [0.5, 0.6) is 0 Å². The van der Waals surface area contributed by atoms with Gasteiger partial charge in [-0.3, -0.25) is 0 Å². The molecule has 0 aromatic carbocycles. The summed E-state index contributed by atoms with van der Waals surface area (Å²) in [5.41, 5.74) is 0. The summed E-state index contributed by atoms with van der Waals surface area (Å²) in [4.78, 5) is 8.69. The standard InChI is InChI=1S/C11H17N3O/c1-8(7-15)6-13-10-4-5-12-11(14-10)9-2-3-9/h4-5,8-9,15H,2-3,6-7H2,1H3,(H,12,13,14). The maximum absolute atomic E-state index is 8.89. The largest absolute Gasteiger partial charge is 0.396 e. The molecule has 4 heteroatoms. The van der Waals surface area contributed by atoms with E-state index in [-0.39, 0.29) is 12.5 Å². The second kappa shape index (κ2) is 4.57. The van der Waals surface area contributed by atoms with Gasteiger partial charge in [0.05, 0.1) is 0 Å². The number of hydrogen-bond donors (Lipinski definition) is 2. The summed E-state index contributed by atoms with van der Waals surface area (Å²) in [5, 5.41) is 12.1. The molecule has 0 spiro atoms. The topological polar surface area (TPSA) is 58.0 Å². The van der Waals surface area contributed by atoms with Gasteiger partial charge >= 0.3 is 0 Å². The quantitative estimate of drug-likeness (QED) is 0.766. The van der Waals surface area contributed by atoms with Crippen LogP contribution in [0.3, 0.4) is 0 Å². The van der Waals surface area contributed by atoms with E-state index in [1.807, 2.05) is 13.0 Å². The van der Waals surface area contributed by atoms with Gasteiger partial charge in [-0.2, -0.15) is 0 Å². The Morgan fingerprint density at radius 1 is 1.60 bits per heavy atom. The highest BCUT2D eigenvalue weighted by molar-refractivity contribution is 5.33. The lowest BCUT2D eigenvalue weighted by molar-refractivity contribution is 0.244. The van der Waals surface area contributed by atoms with Gasteiger partial charge in [0, 0.05) is 25.3 Å². The maximum atomic E-state index is 8.89. The summed E-state index contributed by atoms with van der Waals surface area (Å²) in [6.07, 6.45) is 4.24. The monoisotopic (exact) mass is 207 g/mol. The molecule has 1 saturated carbocycles. The molecule has 1 heterocycles. The van der Waals surface area contributed by atoms with Gasteiger partial charge in [-0.1, -0.05) is 6.92 Å². The molecule has 2 rings (SSSR count). The minimum absolute atomic E-state index is 0.202. The van der Waals surface area contributed by atoms with Gasteiger partial charge in [-0.15, -0.1) is 0 Å². The van der Waals surface area contributed by atoms with Crippen molar-refractivity contribution in [1.29, 1.82) is 0 Å². The Morgan fingerprint density at radius 3 is 3.07 bits per heavy atom. The molecule has 1 aliphatic carbocycles. The zero-order valence-electron chi connectivity index (χ0n) is 8.98. The van der Waals surface area contributed by atoms with Crippen molar-refractivity contribution in [2.45, 2.75) is 25.7 Å². The Morgan fingerprint density at radius 2 is 2.40 bits per heavy atom. The van der Waals surface area contributed by atoms with Gasteiger partial charge in [0.25, 0.3) is 0 Å². The Bertz CT molecular complexity index is 325. The number of rotatable bonds is 5. The van der Waals surface area contributed by atoms with Crippen LogP contribution in [0.4, 0.5) is 5.82 Å². The van der Waals surface area contributed by atoms with Gasteiger partial charge in [0.15, 0.2) is 0 Å². The van der Waals surface area contributed by atoms with Gasteiger partial charge in [0.2, 0.25) is 0 Å². The van der Waals surface area contributed by atoms with E-state index >= 15 is 0 Å². The van der Waals surface area contributed by atoms with E-state index in [1.165, 1.54) is 12.8 Å². The molecule has 1 aromatic heterocycles. The lowest BCUT2D eigenvalue weighted by Gasteiger charge is -2.10. The summed E-state index contributed by atoms with van der Waals surface area (Å²) in [7, 11) is 0. The van der Waals surface area contributed by atoms with Crippen molar-refractivity contribution in [1.82, 2.24) is 9.97 Å². The average molecular weight is 207 g/mol. The molecule has 2 N–H and O–H groups in total. The third-order valence-electron chi connectivity index (χ3n) is 2.56. The fourth-order valence-electron chi connectivity index (χ4n) is 1.35. The molecule has 1 unspecified atom stereocenters. The van der Waals surface area contributed by atoms with Crippen LogP contribution in [0.2, 0.25) is 0 Å². The number of nitrogens with one attached hydrogen (secondary N) is 1. The molecular weight excluding hydrogens is 190 g/mol. The second-order valence-electron chi connectivity index (χ2n) is 4.24. The highest BCUT2D eigenvalue weighted by atomic mass is 16.3. The summed E-state index contributed by atoms with van der Waals surface area (Å²) in [6.45, 7) is 2.95. The van der Waals surface area contributed by atoms with Crippen molar-refractivity contribution >= 4 is 5.82 Å². The normalized spacial score (nSPS) is 17.5. The van der Waals surface area contributed by atoms with E-state index in [2.05, 4.69) is 15.3 Å². The molecule has 0 saturated heterocycles. The molecule has 0 aliphatic heterocycles. The second-order valence-corrected chi connectivity index (χ2v) is 4.24. The van der Waals surface area contributed by atoms with Crippen molar-refractivity contribution in [3.8, 4) is 0 Å². The molecule has 0 amide bonds. The molecule has 1 atom stereocenters. The molecular formula is C11H17N3O. The molecule has 1 aliphatic rings. The maximum Gasteiger partial charge on any atom is 0.133 e. The van der Waals surface area contributed by atoms with Crippen molar-refractivity contribution in [2.75, 3.05) is 18.5 Å². The number of nitrogens with zero attached hydrogens (tertiary/aromatic N) is 2. The number of aliphatic hydroxyl groups is 1. The first kappa shape index (κ1) is 10.4. The molecule has 82 valence electrons. The molecule has 15 heavy (non-hydrogen) atoms. The van der Waals surface area contributed by atoms with E-state index < -0.39 is 0 Å². The van der Waals surface area contributed by atoms with Crippen molar-refractivity contribution < 1.29 is 5.11 Å². The van der Waals surface area contributed by atoms with Crippen LogP contribution in [-0.2, 0) is 0 Å². The summed E-state index contributed by atoms with van der Waals surface area (Å²) in [6, 6.07) is 1.87. The van der Waals surface area contributed by atoms with Crippen molar-refractivity contribution in [3.63, 3.8) is 0 Å². The van der Waals surface area contributed by atoms with Crippen LogP contribution in [0.25, 0.3) is 0 Å². The Kier molecular flexibility index (Phi) is 3.16. The summed E-state index contributed by atoms with van der Waals surface area (Å²) < 4.78 is 0. The van der Waals surface area contributed by atoms with Crippen molar-refractivity contribution in [2.24, 2.45) is 5.92 Å². The molecule has 1 fully saturated rings. The van der Waals surface area contributed by atoms with Gasteiger partial charge < -0.3 is 10.4 Å². The van der Waals surface area contributed by atoms with E-state index in [1.54, 1.807) is 6.20 Å². The zero-order chi connectivity index (χ0) is 10.7. The number of aliphatic hydroxyl groups excluding tert-OH is 1. The van der Waals surface area contributed by atoms with E-state index in [0.717, 1.165) is 18.2 Å². The first-order valence-corrected chi connectivity index (χ1v) is 5.47. The lowest BCUT2D eigenvalue weighted by Crippen LogP contribution is -2.15. The third kappa shape index (κ3) is 2.89. The van der Waals surface area contributed by atoms with Gasteiger partial charge in [-0.05, 0) is 24.8 Å². The van der Waals surface area contributed by atoms with Crippen LogP contribution in [0.15, 0.2) is 12.3 Å². The average Bonchev–Trinajstić information content (AvgIpc) is 3.10. The van der Waals surface area contributed by atoms with Crippen LogP contribution in [-0.4, -0.2) is 28.2 Å². The first-order chi connectivity index (χ1) is 7.29. The molecule has 4 nitrogen and oxygen atoms in total. The molecule has 1 aromatic rings. The van der Waals surface area contributed by atoms with Gasteiger partial charge in [-0.25, -0.2) is 9.97 Å². The van der Waals surface area contributed by atoms with Crippen molar-refractivity contribution in [3.05, 3.63) is 18.1 Å². The minimum Gasteiger partial charge on any atom is -0.396 e. The number of anilines is 1. The Hall–Kier alpha value is -1.16. The van der Waals surface area contributed by atoms with Crippen LogP contribution >= 0.6 is 0 Å². The first-order valence-electron chi connectivity index (χ1n) is 5.47. The lowest BCUT2D eigenvalue weighted by atomic mass is 10.2. The van der Waals surface area contributed by atoms with Crippen LogP contribution in [0.1, 0.15) is 31.5 Å². The van der Waals surface area contributed by atoms with Crippen LogP contribution in [0, 0.1) is 5.92 Å². The Balaban J connectivity index is 1.92. The van der Waals surface area contributed by atoms with Gasteiger partial charge in [0.1, 0.15) is 11.6 Å². The predicted octanol–water partition coefficient (Wildman–Crippen LogP) is 1.39. The number of aromatic nitrogens is 2. The third-order valence-corrected chi connectivity index (χ3v) is 2.56. The zero-order valence-corrected chi connectivity index (χ0v) is 8.98. The highest BCUT2D eigenvalue weighted by Gasteiger charge is 2.26. The highest BCUT2D eigenvalue weighted by Crippen LogP contribution is 2.37. The Labute approximate surface area is 89.8 Å². The SMILES string of the molecule is CC(CO)CNc1ccnc(C2CC2)n1. The van der Waals surface area contributed by atoms with E-state index in [0.29, 0.717) is 5.92 Å². The smallest absolute Gasteiger partial charge is 0.133 e. The molecule has 0 bridgehead atoms. The fraction of sp³-hybridized carbons (Fsp3) is 0.636. The summed E-state index contributed by atoms with van der Waals surface area (Å²) in [5.74, 6) is 2.66. The fourth-order valence-corrected chi connectivity index (χ4v) is 1.35. The summed E-state index contributed by atoms with van der Waals surface area (Å²) >= 11 is 0. The molecule has 0 radical (unpaired) electrons. The predicted molar refractivity (Wildman–Crippen MR) is 58.7 cm³/mol. The van der Waals surface area contributed by atoms with Crippen LogP contribution < -0.4 is 5.32 Å².